The zero-order chi connectivity index (χ0) is 3.54. The Labute approximate surface area is 76.5 Å². The molecule has 1 aliphatic carbocycles. The van der Waals surface area contributed by atoms with Gasteiger partial charge in [-0.3, -0.25) is 6.08 Å². The van der Waals surface area contributed by atoms with Crippen LogP contribution in [0.4, 0.5) is 0 Å². The molecular formula is C5H7Cl2W-. The van der Waals surface area contributed by atoms with Crippen LogP contribution in [0.3, 0.4) is 0 Å². The quantitative estimate of drug-likeness (QED) is 0.600. The van der Waals surface area contributed by atoms with Gasteiger partial charge in [0.2, 0.25) is 0 Å². The minimum absolute atomic E-state index is 0. The molecule has 3 heteroatoms. The average Bonchev–Trinajstić information content (AvgIpc) is 1.76. The van der Waals surface area contributed by atoms with Gasteiger partial charge in [-0.2, -0.15) is 6.08 Å². The first-order chi connectivity index (χ1) is 2.50. The van der Waals surface area contributed by atoms with Crippen molar-refractivity contribution in [1.82, 2.24) is 0 Å². The van der Waals surface area contributed by atoms with Crippen LogP contribution >= 0.6 is 24.8 Å². The molecule has 0 spiro atoms. The van der Waals surface area contributed by atoms with E-state index >= 15 is 0 Å². The van der Waals surface area contributed by atoms with Crippen molar-refractivity contribution in [1.29, 1.82) is 0 Å². The summed E-state index contributed by atoms with van der Waals surface area (Å²) in [5.41, 5.74) is 0. The maximum atomic E-state index is 2.99. The van der Waals surface area contributed by atoms with Crippen LogP contribution < -0.4 is 0 Å². The van der Waals surface area contributed by atoms with Gasteiger partial charge in [0.05, 0.1) is 0 Å². The van der Waals surface area contributed by atoms with Gasteiger partial charge >= 0.3 is 0 Å². The molecule has 0 atom stereocenters. The Morgan fingerprint density at radius 1 is 1.25 bits per heavy atom. The summed E-state index contributed by atoms with van der Waals surface area (Å²) in [5, 5.41) is 0. The number of hydrogen-bond donors (Lipinski definition) is 0. The second kappa shape index (κ2) is 10.7. The fourth-order valence-corrected chi connectivity index (χ4v) is 0.340. The summed E-state index contributed by atoms with van der Waals surface area (Å²) in [6.07, 6.45) is 10.0. The van der Waals surface area contributed by atoms with Gasteiger partial charge in [0.25, 0.3) is 0 Å². The van der Waals surface area contributed by atoms with E-state index in [2.05, 4.69) is 12.2 Å². The Morgan fingerprint density at radius 2 is 1.88 bits per heavy atom. The van der Waals surface area contributed by atoms with E-state index in [-0.39, 0.29) is 45.9 Å². The molecule has 0 amide bonds. The third-order valence-corrected chi connectivity index (χ3v) is 0.586. The monoisotopic (exact) mass is 321 g/mol. The van der Waals surface area contributed by atoms with Gasteiger partial charge in [-0.05, 0) is 0 Å². The molecule has 8 heavy (non-hydrogen) atoms. The SMILES string of the molecule is Cl.Cl.[C-]1=CC=CC1.[W]. The van der Waals surface area contributed by atoms with Gasteiger partial charge in [-0.1, -0.05) is 0 Å². The molecule has 0 aromatic heterocycles. The molecule has 0 saturated heterocycles. The van der Waals surface area contributed by atoms with Crippen molar-refractivity contribution >= 4 is 24.8 Å². The van der Waals surface area contributed by atoms with Crippen LogP contribution in [0.2, 0.25) is 0 Å². The van der Waals surface area contributed by atoms with E-state index in [9.17, 15) is 0 Å². The molecule has 0 aliphatic heterocycles. The average molecular weight is 322 g/mol. The summed E-state index contributed by atoms with van der Waals surface area (Å²) in [6.45, 7) is 0. The first kappa shape index (κ1) is 15.9. The number of rotatable bonds is 0. The molecule has 0 aromatic rings. The normalized spacial score (nSPS) is 11.0. The van der Waals surface area contributed by atoms with Gasteiger partial charge in [0.1, 0.15) is 0 Å². The summed E-state index contributed by atoms with van der Waals surface area (Å²) < 4.78 is 0. The van der Waals surface area contributed by atoms with E-state index in [0.717, 1.165) is 6.42 Å². The van der Waals surface area contributed by atoms with E-state index in [1.165, 1.54) is 0 Å². The summed E-state index contributed by atoms with van der Waals surface area (Å²) in [7, 11) is 0. The van der Waals surface area contributed by atoms with Crippen molar-refractivity contribution in [3.63, 3.8) is 0 Å². The van der Waals surface area contributed by atoms with E-state index in [0.29, 0.717) is 0 Å². The fourth-order valence-electron chi connectivity index (χ4n) is 0.340. The van der Waals surface area contributed by atoms with E-state index in [1.54, 1.807) is 0 Å². The fraction of sp³-hybridized carbons (Fsp3) is 0.200. The maximum Gasteiger partial charge on any atom is 0 e. The van der Waals surface area contributed by atoms with Crippen molar-refractivity contribution in [3.05, 3.63) is 24.3 Å². The van der Waals surface area contributed by atoms with E-state index < -0.39 is 0 Å². The van der Waals surface area contributed by atoms with Gasteiger partial charge in [-0.25, -0.2) is 12.2 Å². The number of allylic oxidation sites excluding steroid dienone is 4. The van der Waals surface area contributed by atoms with Crippen molar-refractivity contribution in [2.75, 3.05) is 0 Å². The third-order valence-electron chi connectivity index (χ3n) is 0.586. The largest absolute Gasteiger partial charge is 0.273 e. The van der Waals surface area contributed by atoms with Crippen LogP contribution in [0.5, 0.6) is 0 Å². The van der Waals surface area contributed by atoms with Crippen LogP contribution in [0.25, 0.3) is 0 Å². The molecule has 1 rings (SSSR count). The molecule has 0 saturated carbocycles. The zero-order valence-electron chi connectivity index (χ0n) is 4.16. The molecule has 1 aliphatic rings. The summed E-state index contributed by atoms with van der Waals surface area (Å²) >= 11 is 0. The van der Waals surface area contributed by atoms with Crippen molar-refractivity contribution in [2.24, 2.45) is 0 Å². The summed E-state index contributed by atoms with van der Waals surface area (Å²) in [5.74, 6) is 0. The second-order valence-corrected chi connectivity index (χ2v) is 1.00. The molecule has 0 bridgehead atoms. The van der Waals surface area contributed by atoms with E-state index in [1.807, 2.05) is 12.2 Å². The minimum atomic E-state index is 0. The standard InChI is InChI=1S/C5H5.2ClH.W/c1-2-4-5-3-1;;;/h1-3H,4H2;2*1H;/q-1;;;. The third kappa shape index (κ3) is 6.75. The molecule has 48 valence electrons. The molecule has 0 aromatic carbocycles. The Kier molecular flexibility index (Phi) is 21.2. The molecule has 0 unspecified atom stereocenters. The van der Waals surface area contributed by atoms with Crippen molar-refractivity contribution in [2.45, 2.75) is 6.42 Å². The topological polar surface area (TPSA) is 0 Å². The molecule has 0 N–H and O–H groups in total. The van der Waals surface area contributed by atoms with Gasteiger partial charge in [0, 0.05) is 21.1 Å². The van der Waals surface area contributed by atoms with Gasteiger partial charge in [0.15, 0.2) is 0 Å². The van der Waals surface area contributed by atoms with Crippen LogP contribution in [0.1, 0.15) is 6.42 Å². The Balaban J connectivity index is -0.0000000833. The van der Waals surface area contributed by atoms with Crippen LogP contribution in [-0.4, -0.2) is 0 Å². The predicted octanol–water partition coefficient (Wildman–Crippen LogP) is 2.15. The van der Waals surface area contributed by atoms with Gasteiger partial charge in [-0.15, -0.1) is 31.2 Å². The van der Waals surface area contributed by atoms with Gasteiger partial charge < -0.3 is 0 Å². The summed E-state index contributed by atoms with van der Waals surface area (Å²) in [4.78, 5) is 0. The first-order valence-electron chi connectivity index (χ1n) is 1.72. The maximum absolute atomic E-state index is 2.99. The predicted molar refractivity (Wildman–Crippen MR) is 36.1 cm³/mol. The first-order valence-corrected chi connectivity index (χ1v) is 1.72. The Morgan fingerprint density at radius 3 is 2.00 bits per heavy atom. The number of halogens is 2. The van der Waals surface area contributed by atoms with Crippen molar-refractivity contribution in [3.8, 4) is 0 Å². The summed E-state index contributed by atoms with van der Waals surface area (Å²) in [6, 6.07) is 0. The van der Waals surface area contributed by atoms with Crippen molar-refractivity contribution < 1.29 is 21.1 Å². The molecule has 0 nitrogen and oxygen atoms in total. The van der Waals surface area contributed by atoms with Crippen LogP contribution in [-0.2, 0) is 21.1 Å². The second-order valence-electron chi connectivity index (χ2n) is 1.00. The van der Waals surface area contributed by atoms with E-state index in [4.69, 9.17) is 0 Å². The van der Waals surface area contributed by atoms with Crippen LogP contribution in [0, 0.1) is 6.08 Å². The Hall–Kier alpha value is 0.748. The molecular weight excluding hydrogens is 315 g/mol. The molecule has 0 fully saturated rings. The number of hydrogen-bond acceptors (Lipinski definition) is 0. The smallest absolute Gasteiger partial charge is 0 e. The van der Waals surface area contributed by atoms with Crippen LogP contribution in [0.15, 0.2) is 18.2 Å². The molecule has 0 radical (unpaired) electrons. The minimum Gasteiger partial charge on any atom is -0.273 e. The Bertz CT molecular complexity index is 68.5. The zero-order valence-corrected chi connectivity index (χ0v) is 8.73. The molecule has 0 heterocycles.